The van der Waals surface area contributed by atoms with Crippen LogP contribution in [0.2, 0.25) is 0 Å². The maximum atomic E-state index is 12.9. The van der Waals surface area contributed by atoms with Gasteiger partial charge in [-0.1, -0.05) is 44.0 Å². The van der Waals surface area contributed by atoms with E-state index in [2.05, 4.69) is 10.3 Å². The van der Waals surface area contributed by atoms with Crippen LogP contribution >= 0.6 is 0 Å². The first kappa shape index (κ1) is 27.8. The third kappa shape index (κ3) is 8.39. The number of para-hydroxylation sites is 1. The van der Waals surface area contributed by atoms with Gasteiger partial charge in [0.05, 0.1) is 5.92 Å². The SMILES string of the molecule is CCCC(=O)Oc1ccccc1C(CN)C(=O)Nc1ccc2cnccc2c1.O=C(O)CC1CCCC1. The second-order valence-corrected chi connectivity index (χ2v) is 9.23. The average Bonchev–Trinajstić information content (AvgIpc) is 3.38. The minimum Gasteiger partial charge on any atom is -0.481 e. The molecule has 4 N–H and O–H groups in total. The van der Waals surface area contributed by atoms with Crippen LogP contribution in [0.25, 0.3) is 10.8 Å². The van der Waals surface area contributed by atoms with Crippen LogP contribution in [0.4, 0.5) is 5.69 Å². The third-order valence-corrected chi connectivity index (χ3v) is 6.37. The summed E-state index contributed by atoms with van der Waals surface area (Å²) in [6.45, 7) is 1.99. The first-order valence-corrected chi connectivity index (χ1v) is 12.8. The summed E-state index contributed by atoms with van der Waals surface area (Å²) in [6, 6.07) is 14.5. The minimum atomic E-state index is -0.640. The van der Waals surface area contributed by atoms with Crippen LogP contribution in [-0.4, -0.2) is 34.5 Å². The Morgan fingerprint density at radius 2 is 1.86 bits per heavy atom. The number of carboxylic acid groups (broad SMARTS) is 1. The maximum Gasteiger partial charge on any atom is 0.311 e. The molecule has 1 aliphatic rings. The summed E-state index contributed by atoms with van der Waals surface area (Å²) in [7, 11) is 0. The number of nitrogens with two attached hydrogens (primary N) is 1. The van der Waals surface area contributed by atoms with Crippen molar-refractivity contribution in [2.75, 3.05) is 11.9 Å². The molecule has 1 fully saturated rings. The van der Waals surface area contributed by atoms with E-state index in [0.717, 1.165) is 23.6 Å². The van der Waals surface area contributed by atoms with Gasteiger partial charge in [-0.2, -0.15) is 0 Å². The van der Waals surface area contributed by atoms with Gasteiger partial charge in [-0.3, -0.25) is 19.4 Å². The molecular formula is C29H35N3O5. The highest BCUT2D eigenvalue weighted by molar-refractivity contribution is 5.98. The monoisotopic (exact) mass is 505 g/mol. The number of rotatable bonds is 9. The lowest BCUT2D eigenvalue weighted by Gasteiger charge is -2.18. The van der Waals surface area contributed by atoms with Crippen LogP contribution in [0.15, 0.2) is 60.9 Å². The van der Waals surface area contributed by atoms with Crippen molar-refractivity contribution >= 4 is 34.3 Å². The second kappa shape index (κ2) is 14.1. The molecule has 1 aliphatic carbocycles. The highest BCUT2D eigenvalue weighted by Crippen LogP contribution is 2.29. The number of amides is 1. The minimum absolute atomic E-state index is 0.0890. The predicted molar refractivity (Wildman–Crippen MR) is 143 cm³/mol. The smallest absolute Gasteiger partial charge is 0.311 e. The predicted octanol–water partition coefficient (Wildman–Crippen LogP) is 5.27. The molecule has 1 unspecified atom stereocenters. The number of anilines is 1. The number of benzene rings is 2. The van der Waals surface area contributed by atoms with Crippen molar-refractivity contribution in [2.24, 2.45) is 11.7 Å². The van der Waals surface area contributed by atoms with Gasteiger partial charge in [0, 0.05) is 48.4 Å². The van der Waals surface area contributed by atoms with Crippen molar-refractivity contribution in [3.63, 3.8) is 0 Å². The number of aliphatic carboxylic acids is 1. The quantitative estimate of drug-likeness (QED) is 0.266. The van der Waals surface area contributed by atoms with E-state index < -0.39 is 11.9 Å². The fourth-order valence-electron chi connectivity index (χ4n) is 4.47. The van der Waals surface area contributed by atoms with E-state index in [4.69, 9.17) is 15.6 Å². The number of nitrogens with one attached hydrogen (secondary N) is 1. The normalized spacial score (nSPS) is 13.9. The molecule has 196 valence electrons. The fraction of sp³-hybridized carbons (Fsp3) is 0.379. The Morgan fingerprint density at radius 1 is 1.11 bits per heavy atom. The lowest BCUT2D eigenvalue weighted by molar-refractivity contribution is -0.138. The summed E-state index contributed by atoms with van der Waals surface area (Å²) < 4.78 is 5.45. The highest BCUT2D eigenvalue weighted by atomic mass is 16.5. The van der Waals surface area contributed by atoms with Gasteiger partial charge in [0.2, 0.25) is 5.91 Å². The van der Waals surface area contributed by atoms with Crippen molar-refractivity contribution < 1.29 is 24.2 Å². The van der Waals surface area contributed by atoms with Crippen LogP contribution in [0.1, 0.15) is 63.4 Å². The molecule has 0 saturated heterocycles. The standard InChI is InChI=1S/C22H23N3O3.C7H12O2/c1-2-5-21(26)28-20-7-4-3-6-18(20)19(13-23)22(27)25-17-9-8-16-14-24-11-10-15(16)12-17;8-7(9)5-6-3-1-2-4-6/h3-4,6-12,14,19H,2,5,13,23H2,1H3,(H,25,27);6H,1-5H2,(H,8,9). The van der Waals surface area contributed by atoms with E-state index >= 15 is 0 Å². The summed E-state index contributed by atoms with van der Waals surface area (Å²) in [5, 5.41) is 13.3. The Morgan fingerprint density at radius 3 is 2.57 bits per heavy atom. The van der Waals surface area contributed by atoms with Gasteiger partial charge < -0.3 is 20.9 Å². The number of ether oxygens (including phenoxy) is 1. The number of pyridine rings is 1. The zero-order chi connectivity index (χ0) is 26.6. The van der Waals surface area contributed by atoms with Gasteiger partial charge in [-0.25, -0.2) is 0 Å². The van der Waals surface area contributed by atoms with Crippen LogP contribution in [0.3, 0.4) is 0 Å². The molecule has 8 nitrogen and oxygen atoms in total. The Kier molecular flexibility index (Phi) is 10.6. The van der Waals surface area contributed by atoms with Crippen LogP contribution in [0, 0.1) is 5.92 Å². The molecule has 4 rings (SSSR count). The molecule has 1 aromatic heterocycles. The molecule has 0 aliphatic heterocycles. The van der Waals surface area contributed by atoms with Crippen molar-refractivity contribution in [1.29, 1.82) is 0 Å². The van der Waals surface area contributed by atoms with E-state index in [-0.39, 0.29) is 18.4 Å². The van der Waals surface area contributed by atoms with E-state index in [1.165, 1.54) is 12.8 Å². The van der Waals surface area contributed by atoms with Crippen LogP contribution in [-0.2, 0) is 14.4 Å². The lowest BCUT2D eigenvalue weighted by Crippen LogP contribution is -2.28. The Labute approximate surface area is 217 Å². The van der Waals surface area contributed by atoms with Gasteiger partial charge in [0.1, 0.15) is 5.75 Å². The fourth-order valence-corrected chi connectivity index (χ4v) is 4.47. The summed E-state index contributed by atoms with van der Waals surface area (Å²) >= 11 is 0. The summed E-state index contributed by atoms with van der Waals surface area (Å²) in [6.07, 6.45) is 9.61. The zero-order valence-electron chi connectivity index (χ0n) is 21.2. The Bertz CT molecular complexity index is 1210. The van der Waals surface area contributed by atoms with Gasteiger partial charge in [0.15, 0.2) is 0 Å². The largest absolute Gasteiger partial charge is 0.481 e. The number of hydrogen-bond acceptors (Lipinski definition) is 6. The van der Waals surface area contributed by atoms with Crippen molar-refractivity contribution in [2.45, 2.75) is 57.8 Å². The molecule has 1 saturated carbocycles. The molecule has 3 aromatic rings. The van der Waals surface area contributed by atoms with E-state index in [9.17, 15) is 14.4 Å². The first-order valence-electron chi connectivity index (χ1n) is 12.8. The van der Waals surface area contributed by atoms with Crippen molar-refractivity contribution in [3.05, 3.63) is 66.5 Å². The molecule has 1 atom stereocenters. The van der Waals surface area contributed by atoms with Crippen molar-refractivity contribution in [1.82, 2.24) is 4.98 Å². The number of esters is 1. The lowest BCUT2D eigenvalue weighted by atomic mass is 9.97. The van der Waals surface area contributed by atoms with Gasteiger partial charge >= 0.3 is 11.9 Å². The topological polar surface area (TPSA) is 132 Å². The first-order chi connectivity index (χ1) is 17.9. The molecule has 1 heterocycles. The number of carbonyl (C=O) groups excluding carboxylic acids is 2. The number of carbonyl (C=O) groups is 3. The van der Waals surface area contributed by atoms with E-state index in [0.29, 0.717) is 42.2 Å². The van der Waals surface area contributed by atoms with Crippen LogP contribution in [0.5, 0.6) is 5.75 Å². The van der Waals surface area contributed by atoms with E-state index in [1.807, 2.05) is 31.2 Å². The summed E-state index contributed by atoms with van der Waals surface area (Å²) in [5.74, 6) is -0.997. The Hall–Kier alpha value is -3.78. The zero-order valence-corrected chi connectivity index (χ0v) is 21.2. The average molecular weight is 506 g/mol. The molecule has 1 amide bonds. The summed E-state index contributed by atoms with van der Waals surface area (Å²) in [4.78, 5) is 39.0. The van der Waals surface area contributed by atoms with Gasteiger partial charge in [0.25, 0.3) is 0 Å². The number of fused-ring (bicyclic) bond motifs is 1. The molecule has 0 bridgehead atoms. The van der Waals surface area contributed by atoms with Gasteiger partial charge in [-0.15, -0.1) is 0 Å². The molecule has 2 aromatic carbocycles. The number of nitrogens with zero attached hydrogens (tertiary/aromatic N) is 1. The number of carboxylic acids is 1. The molecule has 0 radical (unpaired) electrons. The summed E-state index contributed by atoms with van der Waals surface area (Å²) in [5.41, 5.74) is 7.16. The third-order valence-electron chi connectivity index (χ3n) is 6.37. The molecule has 37 heavy (non-hydrogen) atoms. The molecular weight excluding hydrogens is 470 g/mol. The van der Waals surface area contributed by atoms with E-state index in [1.54, 1.807) is 36.7 Å². The highest BCUT2D eigenvalue weighted by Gasteiger charge is 2.24. The van der Waals surface area contributed by atoms with Gasteiger partial charge in [-0.05, 0) is 54.8 Å². The van der Waals surface area contributed by atoms with Crippen molar-refractivity contribution in [3.8, 4) is 5.75 Å². The number of aromatic nitrogens is 1. The maximum absolute atomic E-state index is 12.9. The Balaban J connectivity index is 0.000000356. The molecule has 0 spiro atoms. The second-order valence-electron chi connectivity index (χ2n) is 9.23. The van der Waals surface area contributed by atoms with Crippen LogP contribution < -0.4 is 15.8 Å². The number of hydrogen-bond donors (Lipinski definition) is 3. The molecule has 8 heteroatoms.